The summed E-state index contributed by atoms with van der Waals surface area (Å²) in [6.45, 7) is 6.00. The van der Waals surface area contributed by atoms with E-state index in [2.05, 4.69) is 5.10 Å². The van der Waals surface area contributed by atoms with Crippen LogP contribution in [0.2, 0.25) is 5.15 Å². The van der Waals surface area contributed by atoms with E-state index in [9.17, 15) is 0 Å². The zero-order valence-electron chi connectivity index (χ0n) is 7.43. The van der Waals surface area contributed by atoms with Gasteiger partial charge in [0, 0.05) is 11.6 Å². The Balaban J connectivity index is 3.17. The molecule has 0 N–H and O–H groups in total. The zero-order valence-corrected chi connectivity index (χ0v) is 8.95. The Kier molecular flexibility index (Phi) is 3.02. The minimum atomic E-state index is 0.285. The summed E-state index contributed by atoms with van der Waals surface area (Å²) in [6, 6.07) is 0.285. The Labute approximate surface area is 82.5 Å². The topological polar surface area (TPSA) is 17.8 Å². The molecule has 0 aliphatic carbocycles. The van der Waals surface area contributed by atoms with Crippen molar-refractivity contribution < 1.29 is 0 Å². The fourth-order valence-corrected chi connectivity index (χ4v) is 1.87. The van der Waals surface area contributed by atoms with Crippen molar-refractivity contribution in [1.29, 1.82) is 0 Å². The number of nitrogens with zero attached hydrogens (tertiary/aromatic N) is 2. The molecular weight excluding hydrogens is 195 g/mol. The van der Waals surface area contributed by atoms with Crippen LogP contribution in [0.1, 0.15) is 31.1 Å². The lowest BCUT2D eigenvalue weighted by Crippen LogP contribution is -2.02. The number of aryl methyl sites for hydroxylation is 1. The standard InChI is InChI=1S/C8H12Cl2N2/c1-5(2)12-8(10)7(4-9)6(3)11-12/h5H,4H2,1-3H3. The average Bonchev–Trinajstić information content (AvgIpc) is 2.27. The van der Waals surface area contributed by atoms with Gasteiger partial charge < -0.3 is 0 Å². The third kappa shape index (κ3) is 1.59. The second kappa shape index (κ2) is 3.67. The van der Waals surface area contributed by atoms with Crippen molar-refractivity contribution in [2.24, 2.45) is 0 Å². The first-order valence-electron chi connectivity index (χ1n) is 3.87. The highest BCUT2D eigenvalue weighted by molar-refractivity contribution is 6.31. The number of aromatic nitrogens is 2. The number of halogens is 2. The van der Waals surface area contributed by atoms with Gasteiger partial charge in [-0.05, 0) is 20.8 Å². The number of hydrogen-bond donors (Lipinski definition) is 0. The molecule has 0 aliphatic heterocycles. The minimum Gasteiger partial charge on any atom is -0.251 e. The van der Waals surface area contributed by atoms with Gasteiger partial charge in [0.15, 0.2) is 0 Å². The molecule has 0 radical (unpaired) electrons. The molecule has 1 heterocycles. The first-order chi connectivity index (χ1) is 5.57. The van der Waals surface area contributed by atoms with Crippen molar-refractivity contribution in [3.63, 3.8) is 0 Å². The molecule has 1 aromatic heterocycles. The van der Waals surface area contributed by atoms with E-state index in [1.807, 2.05) is 20.8 Å². The summed E-state index contributed by atoms with van der Waals surface area (Å²) in [5, 5.41) is 4.95. The third-order valence-electron chi connectivity index (χ3n) is 1.77. The fourth-order valence-electron chi connectivity index (χ4n) is 1.05. The Morgan fingerprint density at radius 3 is 2.33 bits per heavy atom. The van der Waals surface area contributed by atoms with Gasteiger partial charge in [-0.3, -0.25) is 4.68 Å². The quantitative estimate of drug-likeness (QED) is 0.681. The second-order valence-corrected chi connectivity index (χ2v) is 3.65. The molecule has 0 fully saturated rings. The molecule has 12 heavy (non-hydrogen) atoms. The van der Waals surface area contributed by atoms with E-state index in [0.29, 0.717) is 11.0 Å². The summed E-state index contributed by atoms with van der Waals surface area (Å²) in [7, 11) is 0. The Morgan fingerprint density at radius 1 is 1.50 bits per heavy atom. The Bertz CT molecular complexity index is 279. The summed E-state index contributed by atoms with van der Waals surface area (Å²) >= 11 is 11.8. The normalized spacial score (nSPS) is 11.2. The molecule has 0 bridgehead atoms. The van der Waals surface area contributed by atoms with E-state index in [1.54, 1.807) is 4.68 Å². The molecule has 0 spiro atoms. The maximum absolute atomic E-state index is 6.04. The average molecular weight is 207 g/mol. The highest BCUT2D eigenvalue weighted by Gasteiger charge is 2.13. The fraction of sp³-hybridized carbons (Fsp3) is 0.625. The van der Waals surface area contributed by atoms with Crippen molar-refractivity contribution in [3.05, 3.63) is 16.4 Å². The van der Waals surface area contributed by atoms with Gasteiger partial charge >= 0.3 is 0 Å². The summed E-state index contributed by atoms with van der Waals surface area (Å²) in [6.07, 6.45) is 0. The monoisotopic (exact) mass is 206 g/mol. The molecule has 0 saturated heterocycles. The van der Waals surface area contributed by atoms with Crippen LogP contribution in [0.25, 0.3) is 0 Å². The molecule has 0 saturated carbocycles. The predicted molar refractivity (Wildman–Crippen MR) is 51.9 cm³/mol. The maximum atomic E-state index is 6.04. The van der Waals surface area contributed by atoms with Gasteiger partial charge in [-0.1, -0.05) is 11.6 Å². The summed E-state index contributed by atoms with van der Waals surface area (Å²) < 4.78 is 1.79. The van der Waals surface area contributed by atoms with Crippen molar-refractivity contribution in [3.8, 4) is 0 Å². The molecule has 0 amide bonds. The van der Waals surface area contributed by atoms with Crippen LogP contribution in [-0.4, -0.2) is 9.78 Å². The highest BCUT2D eigenvalue weighted by atomic mass is 35.5. The molecule has 68 valence electrons. The summed E-state index contributed by atoms with van der Waals surface area (Å²) in [5.41, 5.74) is 1.86. The summed E-state index contributed by atoms with van der Waals surface area (Å²) in [5.74, 6) is 0.428. The van der Waals surface area contributed by atoms with E-state index in [0.717, 1.165) is 11.3 Å². The van der Waals surface area contributed by atoms with Crippen LogP contribution in [0.3, 0.4) is 0 Å². The Hall–Kier alpha value is -0.210. The van der Waals surface area contributed by atoms with Gasteiger partial charge in [0.2, 0.25) is 0 Å². The van der Waals surface area contributed by atoms with Crippen molar-refractivity contribution in [1.82, 2.24) is 9.78 Å². The lowest BCUT2D eigenvalue weighted by molar-refractivity contribution is 0.530. The van der Waals surface area contributed by atoms with Crippen LogP contribution in [-0.2, 0) is 5.88 Å². The molecule has 1 rings (SSSR count). The first-order valence-corrected chi connectivity index (χ1v) is 4.78. The van der Waals surface area contributed by atoms with Gasteiger partial charge in [-0.2, -0.15) is 5.10 Å². The van der Waals surface area contributed by atoms with Gasteiger partial charge in [-0.15, -0.1) is 11.6 Å². The molecule has 0 aliphatic rings. The van der Waals surface area contributed by atoms with Crippen LogP contribution >= 0.6 is 23.2 Å². The lowest BCUT2D eigenvalue weighted by atomic mass is 10.3. The predicted octanol–water partition coefficient (Wildman–Crippen LogP) is 3.16. The van der Waals surface area contributed by atoms with E-state index in [1.165, 1.54) is 0 Å². The number of rotatable bonds is 2. The second-order valence-electron chi connectivity index (χ2n) is 3.03. The van der Waals surface area contributed by atoms with Gasteiger partial charge in [-0.25, -0.2) is 0 Å². The van der Waals surface area contributed by atoms with Crippen LogP contribution in [0.4, 0.5) is 0 Å². The molecule has 0 atom stereocenters. The van der Waals surface area contributed by atoms with Crippen molar-refractivity contribution >= 4 is 23.2 Å². The van der Waals surface area contributed by atoms with Crippen LogP contribution in [0, 0.1) is 6.92 Å². The van der Waals surface area contributed by atoms with Crippen molar-refractivity contribution in [2.75, 3.05) is 0 Å². The van der Waals surface area contributed by atoms with Crippen molar-refractivity contribution in [2.45, 2.75) is 32.7 Å². The molecule has 0 aromatic carbocycles. The molecule has 2 nitrogen and oxygen atoms in total. The first kappa shape index (κ1) is 9.87. The SMILES string of the molecule is Cc1nn(C(C)C)c(Cl)c1CCl. The summed E-state index contributed by atoms with van der Waals surface area (Å²) in [4.78, 5) is 0. The molecule has 1 aromatic rings. The van der Waals surface area contributed by atoms with Crippen LogP contribution in [0.15, 0.2) is 0 Å². The largest absolute Gasteiger partial charge is 0.251 e. The van der Waals surface area contributed by atoms with E-state index in [4.69, 9.17) is 23.2 Å². The molecule has 4 heteroatoms. The minimum absolute atomic E-state index is 0.285. The number of alkyl halides is 1. The van der Waals surface area contributed by atoms with E-state index < -0.39 is 0 Å². The highest BCUT2D eigenvalue weighted by Crippen LogP contribution is 2.24. The maximum Gasteiger partial charge on any atom is 0.132 e. The van der Waals surface area contributed by atoms with Gasteiger partial charge in [0.1, 0.15) is 5.15 Å². The number of hydrogen-bond acceptors (Lipinski definition) is 1. The lowest BCUT2D eigenvalue weighted by Gasteiger charge is -2.05. The van der Waals surface area contributed by atoms with E-state index in [-0.39, 0.29) is 6.04 Å². The molecule has 0 unspecified atom stereocenters. The van der Waals surface area contributed by atoms with Gasteiger partial charge in [0.25, 0.3) is 0 Å². The Morgan fingerprint density at radius 2 is 2.08 bits per heavy atom. The van der Waals surface area contributed by atoms with Crippen LogP contribution in [0.5, 0.6) is 0 Å². The molecular formula is C8H12Cl2N2. The smallest absolute Gasteiger partial charge is 0.132 e. The third-order valence-corrected chi connectivity index (χ3v) is 2.44. The van der Waals surface area contributed by atoms with E-state index >= 15 is 0 Å². The zero-order chi connectivity index (χ0) is 9.30. The van der Waals surface area contributed by atoms with Crippen LogP contribution < -0.4 is 0 Å². The van der Waals surface area contributed by atoms with Gasteiger partial charge in [0.05, 0.1) is 11.6 Å².